The molecule has 42 valence electrons. The molecular weight excluding hydrogens is 96.0 g/mol. The van der Waals surface area contributed by atoms with Gasteiger partial charge in [-0.05, 0) is 13.8 Å². The Bertz CT molecular complexity index is 56.0. The van der Waals surface area contributed by atoms with E-state index in [9.17, 15) is 0 Å². The Morgan fingerprint density at radius 2 is 1.43 bits per heavy atom. The summed E-state index contributed by atoms with van der Waals surface area (Å²) in [5, 5.41) is 0. The van der Waals surface area contributed by atoms with Crippen LogP contribution in [0.25, 0.3) is 0 Å². The number of rotatable bonds is 0. The summed E-state index contributed by atoms with van der Waals surface area (Å²) in [7, 11) is 0. The van der Waals surface area contributed by atoms with Gasteiger partial charge in [0.15, 0.2) is 12.6 Å². The average Bonchev–Trinajstić information content (AvgIpc) is 1.87. The van der Waals surface area contributed by atoms with E-state index in [1.165, 1.54) is 0 Å². The summed E-state index contributed by atoms with van der Waals surface area (Å²) in [4.78, 5) is 9.09. The zero-order valence-corrected chi connectivity index (χ0v) is 4.38. The summed E-state index contributed by atoms with van der Waals surface area (Å²) >= 11 is 0. The van der Waals surface area contributed by atoms with E-state index in [1.807, 2.05) is 0 Å². The molecule has 0 spiro atoms. The lowest BCUT2D eigenvalue weighted by molar-refractivity contribution is -0.290. The summed E-state index contributed by atoms with van der Waals surface area (Å²) < 4.78 is 4.92. The molecule has 0 saturated carbocycles. The predicted molar refractivity (Wildman–Crippen MR) is 22.2 cm³/mol. The molecule has 0 unspecified atom stereocenters. The smallest absolute Gasteiger partial charge is 0.191 e. The maximum absolute atomic E-state index is 4.92. The van der Waals surface area contributed by atoms with E-state index >= 15 is 0 Å². The minimum Gasteiger partial charge on any atom is -0.318 e. The van der Waals surface area contributed by atoms with Crippen molar-refractivity contribution >= 4 is 0 Å². The van der Waals surface area contributed by atoms with Gasteiger partial charge in [0.2, 0.25) is 0 Å². The van der Waals surface area contributed by atoms with Crippen LogP contribution in [0.2, 0.25) is 0 Å². The van der Waals surface area contributed by atoms with Gasteiger partial charge in [0, 0.05) is 0 Å². The van der Waals surface area contributed by atoms with Crippen LogP contribution in [0.4, 0.5) is 0 Å². The lowest BCUT2D eigenvalue weighted by Gasteiger charge is -1.93. The van der Waals surface area contributed by atoms with Crippen molar-refractivity contribution in [1.82, 2.24) is 0 Å². The quantitative estimate of drug-likeness (QED) is 0.422. The lowest BCUT2D eigenvalue weighted by atomic mass is 10.7. The van der Waals surface area contributed by atoms with Crippen molar-refractivity contribution in [3.05, 3.63) is 0 Å². The summed E-state index contributed by atoms with van der Waals surface area (Å²) in [6.07, 6.45) is -0.398. The minimum atomic E-state index is -0.199. The van der Waals surface area contributed by atoms with Crippen molar-refractivity contribution in [2.24, 2.45) is 0 Å². The molecule has 0 amide bonds. The Hall–Kier alpha value is -0.120. The van der Waals surface area contributed by atoms with Crippen LogP contribution in [0, 0.1) is 0 Å². The van der Waals surface area contributed by atoms with Crippen molar-refractivity contribution in [2.75, 3.05) is 0 Å². The van der Waals surface area contributed by atoms with Gasteiger partial charge in [-0.2, -0.15) is 0 Å². The molecule has 0 bridgehead atoms. The van der Waals surface area contributed by atoms with Gasteiger partial charge in [-0.3, -0.25) is 0 Å². The molecular formula is C4H8O3. The van der Waals surface area contributed by atoms with Gasteiger partial charge >= 0.3 is 0 Å². The highest BCUT2D eigenvalue weighted by Crippen LogP contribution is 2.10. The summed E-state index contributed by atoms with van der Waals surface area (Å²) in [5.41, 5.74) is 0. The van der Waals surface area contributed by atoms with Crippen LogP contribution in [0.5, 0.6) is 0 Å². The zero-order valence-electron chi connectivity index (χ0n) is 4.38. The predicted octanol–water partition coefficient (Wildman–Crippen LogP) is 0.657. The molecule has 1 aliphatic heterocycles. The molecule has 0 N–H and O–H groups in total. The molecule has 3 heteroatoms. The fraction of sp³-hybridized carbons (Fsp3) is 1.00. The van der Waals surface area contributed by atoms with Crippen LogP contribution in [0.1, 0.15) is 13.8 Å². The van der Waals surface area contributed by atoms with Gasteiger partial charge in [0.25, 0.3) is 0 Å². The third-order valence-electron chi connectivity index (χ3n) is 0.710. The Kier molecular flexibility index (Phi) is 1.27. The molecule has 0 aromatic heterocycles. The molecule has 1 rings (SSSR count). The monoisotopic (exact) mass is 104 g/mol. The zero-order chi connectivity index (χ0) is 5.28. The molecule has 3 nitrogen and oxygen atoms in total. The molecule has 0 aromatic carbocycles. The van der Waals surface area contributed by atoms with E-state index in [4.69, 9.17) is 4.74 Å². The van der Waals surface area contributed by atoms with Gasteiger partial charge < -0.3 is 4.74 Å². The molecule has 0 radical (unpaired) electrons. The second-order valence-corrected chi connectivity index (χ2v) is 1.46. The second kappa shape index (κ2) is 1.78. The molecule has 1 fully saturated rings. The van der Waals surface area contributed by atoms with Crippen LogP contribution in [-0.4, -0.2) is 12.6 Å². The van der Waals surface area contributed by atoms with Crippen molar-refractivity contribution in [2.45, 2.75) is 26.4 Å². The van der Waals surface area contributed by atoms with Crippen LogP contribution < -0.4 is 0 Å². The molecule has 1 heterocycles. The SMILES string of the molecule is C[C@H]1OO[C@H](C)O1. The fourth-order valence-corrected chi connectivity index (χ4v) is 0.472. The van der Waals surface area contributed by atoms with E-state index in [2.05, 4.69) is 9.78 Å². The largest absolute Gasteiger partial charge is 0.318 e. The Labute approximate surface area is 42.1 Å². The molecule has 1 saturated heterocycles. The number of ether oxygens (including phenoxy) is 1. The first-order valence-corrected chi connectivity index (χ1v) is 2.26. The van der Waals surface area contributed by atoms with Gasteiger partial charge in [-0.15, -0.1) is 0 Å². The fourth-order valence-electron chi connectivity index (χ4n) is 0.472. The van der Waals surface area contributed by atoms with E-state index in [1.54, 1.807) is 13.8 Å². The van der Waals surface area contributed by atoms with Crippen LogP contribution in [0.3, 0.4) is 0 Å². The summed E-state index contributed by atoms with van der Waals surface area (Å²) in [6.45, 7) is 3.56. The first-order valence-electron chi connectivity index (χ1n) is 2.26. The van der Waals surface area contributed by atoms with Crippen molar-refractivity contribution in [1.29, 1.82) is 0 Å². The first-order chi connectivity index (χ1) is 3.29. The lowest BCUT2D eigenvalue weighted by Crippen LogP contribution is -2.02. The second-order valence-electron chi connectivity index (χ2n) is 1.46. The van der Waals surface area contributed by atoms with Gasteiger partial charge in [0.05, 0.1) is 0 Å². The maximum atomic E-state index is 4.92. The van der Waals surface area contributed by atoms with E-state index in [0.717, 1.165) is 0 Å². The molecule has 0 aromatic rings. The van der Waals surface area contributed by atoms with Crippen molar-refractivity contribution in [3.63, 3.8) is 0 Å². The summed E-state index contributed by atoms with van der Waals surface area (Å²) in [6, 6.07) is 0. The number of hydrogen-bond donors (Lipinski definition) is 0. The first kappa shape index (κ1) is 5.03. The third-order valence-corrected chi connectivity index (χ3v) is 0.710. The van der Waals surface area contributed by atoms with Crippen LogP contribution >= 0.6 is 0 Å². The highest BCUT2D eigenvalue weighted by molar-refractivity contribution is 4.34. The highest BCUT2D eigenvalue weighted by atomic mass is 17.3. The molecule has 7 heavy (non-hydrogen) atoms. The van der Waals surface area contributed by atoms with Crippen molar-refractivity contribution in [3.8, 4) is 0 Å². The Morgan fingerprint density at radius 1 is 1.00 bits per heavy atom. The maximum Gasteiger partial charge on any atom is 0.191 e. The Morgan fingerprint density at radius 3 is 1.57 bits per heavy atom. The minimum absolute atomic E-state index is 0.199. The van der Waals surface area contributed by atoms with Crippen LogP contribution in [-0.2, 0) is 14.5 Å². The normalized spacial score (nSPS) is 42.0. The van der Waals surface area contributed by atoms with Gasteiger partial charge in [0.1, 0.15) is 0 Å². The highest BCUT2D eigenvalue weighted by Gasteiger charge is 2.18. The van der Waals surface area contributed by atoms with E-state index < -0.39 is 0 Å². The number of hydrogen-bond acceptors (Lipinski definition) is 3. The topological polar surface area (TPSA) is 27.7 Å². The standard InChI is InChI=1S/C4H8O3/c1-3-5-4(2)7-6-3/h3-4H,1-2H3/t3-,4-/m1/s1. The van der Waals surface area contributed by atoms with Gasteiger partial charge in [-0.1, -0.05) is 0 Å². The molecule has 2 atom stereocenters. The van der Waals surface area contributed by atoms with Crippen molar-refractivity contribution < 1.29 is 14.5 Å². The third kappa shape index (κ3) is 1.12. The van der Waals surface area contributed by atoms with Crippen LogP contribution in [0.15, 0.2) is 0 Å². The average molecular weight is 104 g/mol. The molecule has 0 aliphatic carbocycles. The molecule has 1 aliphatic rings. The summed E-state index contributed by atoms with van der Waals surface area (Å²) in [5.74, 6) is 0. The van der Waals surface area contributed by atoms with E-state index in [-0.39, 0.29) is 12.6 Å². The van der Waals surface area contributed by atoms with E-state index in [0.29, 0.717) is 0 Å². The Balaban J connectivity index is 2.26. The van der Waals surface area contributed by atoms with Gasteiger partial charge in [-0.25, -0.2) is 9.78 Å².